The molecule has 4 rings (SSSR count). The van der Waals surface area contributed by atoms with E-state index in [2.05, 4.69) is 10.6 Å². The van der Waals surface area contributed by atoms with Crippen molar-refractivity contribution in [3.63, 3.8) is 0 Å². The maximum Gasteiger partial charge on any atom is 0.325 e. The Balaban J connectivity index is 1.48. The third kappa shape index (κ3) is 3.79. The zero-order valence-corrected chi connectivity index (χ0v) is 17.5. The highest BCUT2D eigenvalue weighted by Gasteiger charge is 2.50. The molecular formula is C24H21F2N3O3. The molecular weight excluding hydrogens is 416 g/mol. The maximum atomic E-state index is 14.3. The smallest absolute Gasteiger partial charge is 0.325 e. The Morgan fingerprint density at radius 2 is 1.78 bits per heavy atom. The molecule has 3 aromatic carbocycles. The molecule has 2 atom stereocenters. The van der Waals surface area contributed by atoms with Crippen LogP contribution in [0.2, 0.25) is 0 Å². The molecule has 6 nitrogen and oxygen atoms in total. The molecule has 0 bridgehead atoms. The first-order valence-corrected chi connectivity index (χ1v) is 10.1. The first kappa shape index (κ1) is 21.4. The number of halogens is 2. The number of hydrogen-bond acceptors (Lipinski definition) is 3. The van der Waals surface area contributed by atoms with Gasteiger partial charge in [-0.15, -0.1) is 0 Å². The minimum Gasteiger partial charge on any atom is -0.348 e. The van der Waals surface area contributed by atoms with Crippen molar-refractivity contribution < 1.29 is 23.2 Å². The first-order chi connectivity index (χ1) is 15.2. The molecule has 1 saturated heterocycles. The standard InChI is InChI=1S/C24H21F2N3O3/c1-14(16-8-7-15-5-3-4-6-17(15)11-16)27-21(30)13-29-22(31)24(2,28-23(29)32)19-12-18(25)9-10-20(19)26/h3-12,14H,13H2,1-2H3,(H,27,30)(H,28,32). The lowest BCUT2D eigenvalue weighted by atomic mass is 9.91. The molecule has 0 saturated carbocycles. The first-order valence-electron chi connectivity index (χ1n) is 10.1. The fraction of sp³-hybridized carbons (Fsp3) is 0.208. The molecule has 0 spiro atoms. The average molecular weight is 437 g/mol. The van der Waals surface area contributed by atoms with Gasteiger partial charge >= 0.3 is 6.03 Å². The Morgan fingerprint density at radius 3 is 2.53 bits per heavy atom. The van der Waals surface area contributed by atoms with Crippen molar-refractivity contribution in [2.24, 2.45) is 0 Å². The van der Waals surface area contributed by atoms with E-state index < -0.39 is 41.6 Å². The second-order valence-electron chi connectivity index (χ2n) is 7.97. The summed E-state index contributed by atoms with van der Waals surface area (Å²) in [7, 11) is 0. The summed E-state index contributed by atoms with van der Waals surface area (Å²) in [6, 6.07) is 15.0. The molecule has 0 aliphatic carbocycles. The highest BCUT2D eigenvalue weighted by Crippen LogP contribution is 2.31. The van der Waals surface area contributed by atoms with Crippen LogP contribution in [0.5, 0.6) is 0 Å². The molecule has 1 fully saturated rings. The minimum absolute atomic E-state index is 0.303. The summed E-state index contributed by atoms with van der Waals surface area (Å²) in [5.41, 5.74) is -1.25. The van der Waals surface area contributed by atoms with E-state index in [1.165, 1.54) is 6.92 Å². The number of imide groups is 1. The number of benzene rings is 3. The van der Waals surface area contributed by atoms with E-state index in [4.69, 9.17) is 0 Å². The molecule has 0 aromatic heterocycles. The maximum absolute atomic E-state index is 14.3. The summed E-state index contributed by atoms with van der Waals surface area (Å²) >= 11 is 0. The molecule has 8 heteroatoms. The number of carbonyl (C=O) groups excluding carboxylic acids is 3. The molecule has 2 unspecified atom stereocenters. The van der Waals surface area contributed by atoms with Gasteiger partial charge in [0.15, 0.2) is 0 Å². The van der Waals surface area contributed by atoms with Crippen molar-refractivity contribution in [1.82, 2.24) is 15.5 Å². The van der Waals surface area contributed by atoms with Gasteiger partial charge in [0.05, 0.1) is 6.04 Å². The van der Waals surface area contributed by atoms with Gasteiger partial charge in [-0.05, 0) is 54.4 Å². The third-order valence-corrected chi connectivity index (χ3v) is 5.69. The van der Waals surface area contributed by atoms with Crippen LogP contribution in [0.4, 0.5) is 13.6 Å². The van der Waals surface area contributed by atoms with E-state index >= 15 is 0 Å². The van der Waals surface area contributed by atoms with Crippen molar-refractivity contribution in [3.05, 3.63) is 83.4 Å². The number of urea groups is 1. The number of fused-ring (bicyclic) bond motifs is 1. The van der Waals surface area contributed by atoms with Crippen LogP contribution in [0.25, 0.3) is 10.8 Å². The van der Waals surface area contributed by atoms with Gasteiger partial charge in [-0.1, -0.05) is 36.4 Å². The molecule has 0 radical (unpaired) electrons. The fourth-order valence-corrected chi connectivity index (χ4v) is 3.89. The topological polar surface area (TPSA) is 78.5 Å². The van der Waals surface area contributed by atoms with Crippen molar-refractivity contribution >= 4 is 28.6 Å². The van der Waals surface area contributed by atoms with E-state index in [0.717, 1.165) is 34.5 Å². The Kier molecular flexibility index (Phi) is 5.38. The Bertz CT molecular complexity index is 1250. The number of nitrogens with zero attached hydrogens (tertiary/aromatic N) is 1. The van der Waals surface area contributed by atoms with E-state index in [1.54, 1.807) is 6.92 Å². The van der Waals surface area contributed by atoms with Gasteiger partial charge in [-0.2, -0.15) is 0 Å². The number of amides is 4. The number of nitrogens with one attached hydrogen (secondary N) is 2. The van der Waals surface area contributed by atoms with Crippen LogP contribution in [0.1, 0.15) is 31.0 Å². The summed E-state index contributed by atoms with van der Waals surface area (Å²) in [6.07, 6.45) is 0. The quantitative estimate of drug-likeness (QED) is 0.597. The zero-order valence-electron chi connectivity index (χ0n) is 17.5. The Morgan fingerprint density at radius 1 is 1.06 bits per heavy atom. The zero-order chi connectivity index (χ0) is 23.0. The second kappa shape index (κ2) is 8.03. The van der Waals surface area contributed by atoms with Gasteiger partial charge in [-0.25, -0.2) is 13.6 Å². The van der Waals surface area contributed by atoms with Crippen LogP contribution < -0.4 is 10.6 Å². The third-order valence-electron chi connectivity index (χ3n) is 5.69. The van der Waals surface area contributed by atoms with Gasteiger partial charge in [-0.3, -0.25) is 14.5 Å². The van der Waals surface area contributed by atoms with Crippen molar-refractivity contribution in [2.45, 2.75) is 25.4 Å². The van der Waals surface area contributed by atoms with Gasteiger partial charge in [0.2, 0.25) is 5.91 Å². The molecule has 4 amide bonds. The summed E-state index contributed by atoms with van der Waals surface area (Å²) in [5.74, 6) is -2.97. The van der Waals surface area contributed by atoms with Crippen LogP contribution in [0, 0.1) is 11.6 Å². The van der Waals surface area contributed by atoms with Crippen molar-refractivity contribution in [3.8, 4) is 0 Å². The Hall–Kier alpha value is -3.81. The largest absolute Gasteiger partial charge is 0.348 e. The van der Waals surface area contributed by atoms with Crippen LogP contribution in [-0.4, -0.2) is 29.3 Å². The van der Waals surface area contributed by atoms with E-state index in [0.29, 0.717) is 4.90 Å². The summed E-state index contributed by atoms with van der Waals surface area (Å²) in [5, 5.41) is 7.23. The van der Waals surface area contributed by atoms with Crippen LogP contribution >= 0.6 is 0 Å². The lowest BCUT2D eigenvalue weighted by molar-refractivity contribution is -0.135. The predicted octanol–water partition coefficient (Wildman–Crippen LogP) is 3.76. The second-order valence-corrected chi connectivity index (χ2v) is 7.97. The van der Waals surface area contributed by atoms with Crippen LogP contribution in [-0.2, 0) is 15.1 Å². The molecule has 2 N–H and O–H groups in total. The molecule has 3 aromatic rings. The van der Waals surface area contributed by atoms with Crippen LogP contribution in [0.15, 0.2) is 60.7 Å². The number of hydrogen-bond donors (Lipinski definition) is 2. The van der Waals surface area contributed by atoms with Crippen molar-refractivity contribution in [2.75, 3.05) is 6.54 Å². The summed E-state index contributed by atoms with van der Waals surface area (Å²) in [6.45, 7) is 2.52. The van der Waals surface area contributed by atoms with Crippen molar-refractivity contribution in [1.29, 1.82) is 0 Å². The molecule has 164 valence electrons. The highest BCUT2D eigenvalue weighted by atomic mass is 19.1. The Labute approximate surface area is 183 Å². The predicted molar refractivity (Wildman–Crippen MR) is 114 cm³/mol. The van der Waals surface area contributed by atoms with Crippen LogP contribution in [0.3, 0.4) is 0 Å². The molecule has 1 heterocycles. The molecule has 32 heavy (non-hydrogen) atoms. The minimum atomic E-state index is -1.81. The van der Waals surface area contributed by atoms with E-state index in [9.17, 15) is 23.2 Å². The number of carbonyl (C=O) groups is 3. The van der Waals surface area contributed by atoms with Gasteiger partial charge in [0.1, 0.15) is 23.7 Å². The van der Waals surface area contributed by atoms with Gasteiger partial charge < -0.3 is 10.6 Å². The molecule has 1 aliphatic rings. The van der Waals surface area contributed by atoms with Gasteiger partial charge in [0.25, 0.3) is 5.91 Å². The molecule has 1 aliphatic heterocycles. The highest BCUT2D eigenvalue weighted by molar-refractivity contribution is 6.09. The SMILES string of the molecule is CC(NC(=O)CN1C(=O)NC(C)(c2cc(F)ccc2F)C1=O)c1ccc2ccccc2c1. The normalized spacial score (nSPS) is 19.2. The summed E-state index contributed by atoms with van der Waals surface area (Å²) < 4.78 is 27.9. The lowest BCUT2D eigenvalue weighted by Gasteiger charge is -2.23. The fourth-order valence-electron chi connectivity index (χ4n) is 3.89. The van der Waals surface area contributed by atoms with E-state index in [1.807, 2.05) is 42.5 Å². The monoisotopic (exact) mass is 437 g/mol. The summed E-state index contributed by atoms with van der Waals surface area (Å²) in [4.78, 5) is 38.6. The van der Waals surface area contributed by atoms with E-state index in [-0.39, 0.29) is 11.6 Å². The number of rotatable bonds is 5. The lowest BCUT2D eigenvalue weighted by Crippen LogP contribution is -2.44. The average Bonchev–Trinajstić information content (AvgIpc) is 2.98. The van der Waals surface area contributed by atoms with Gasteiger partial charge in [0, 0.05) is 5.56 Å².